The number of amides is 3. The molecule has 4 unspecified atom stereocenters. The molecule has 0 saturated heterocycles. The van der Waals surface area contributed by atoms with Crippen LogP contribution in [0, 0.1) is 0 Å². The maximum absolute atomic E-state index is 13.3. The van der Waals surface area contributed by atoms with Crippen molar-refractivity contribution in [2.24, 2.45) is 5.73 Å². The first-order valence-electron chi connectivity index (χ1n) is 11.9. The van der Waals surface area contributed by atoms with Crippen LogP contribution in [0.4, 0.5) is 0 Å². The molecule has 0 radical (unpaired) electrons. The normalized spacial score (nSPS) is 14.2. The molecule has 202 valence electrons. The second-order valence-corrected chi connectivity index (χ2v) is 9.28. The number of H-pyrrole nitrogens is 1. The predicted octanol–water partition coefficient (Wildman–Crippen LogP) is 0.475. The topological polar surface area (TPSA) is 187 Å². The van der Waals surface area contributed by atoms with Crippen molar-refractivity contribution >= 4 is 47.2 Å². The summed E-state index contributed by atoms with van der Waals surface area (Å²) >= 11 is 3.97. The first-order valence-corrected chi connectivity index (χ1v) is 12.6. The summed E-state index contributed by atoms with van der Waals surface area (Å²) in [6.07, 6.45) is 1.72. The van der Waals surface area contributed by atoms with Crippen LogP contribution in [0.5, 0.6) is 5.75 Å². The molecule has 0 saturated carbocycles. The number of carbonyl (C=O) groups is 4. The minimum atomic E-state index is -1.27. The van der Waals surface area contributed by atoms with Gasteiger partial charge in [0, 0.05) is 35.7 Å². The number of carboxylic acids is 1. The van der Waals surface area contributed by atoms with Crippen molar-refractivity contribution in [1.29, 1.82) is 0 Å². The molecular weight excluding hydrogens is 510 g/mol. The smallest absolute Gasteiger partial charge is 0.326 e. The molecule has 0 aliphatic rings. The van der Waals surface area contributed by atoms with E-state index in [1.807, 2.05) is 24.3 Å². The zero-order valence-electron chi connectivity index (χ0n) is 20.7. The summed E-state index contributed by atoms with van der Waals surface area (Å²) in [5.41, 5.74) is 7.80. The Labute approximate surface area is 224 Å². The SMILES string of the molecule is CC(NC(=O)C(N)CS)C(=O)NC(Cc1ccc(O)cc1)C(=O)NC(Cc1c[nH]c2ccccc12)C(=O)O. The zero-order valence-corrected chi connectivity index (χ0v) is 21.6. The maximum atomic E-state index is 13.3. The number of para-hydroxylation sites is 1. The van der Waals surface area contributed by atoms with E-state index in [4.69, 9.17) is 5.73 Å². The van der Waals surface area contributed by atoms with Crippen molar-refractivity contribution < 1.29 is 29.4 Å². The van der Waals surface area contributed by atoms with Gasteiger partial charge in [-0.1, -0.05) is 30.3 Å². The number of carboxylic acid groups (broad SMARTS) is 1. The minimum absolute atomic E-state index is 0.00803. The van der Waals surface area contributed by atoms with Crippen LogP contribution in [0.2, 0.25) is 0 Å². The molecule has 0 fully saturated rings. The van der Waals surface area contributed by atoms with Gasteiger partial charge in [0.1, 0.15) is 23.9 Å². The monoisotopic (exact) mass is 541 g/mol. The second-order valence-electron chi connectivity index (χ2n) is 8.91. The number of aliphatic carboxylic acids is 1. The highest BCUT2D eigenvalue weighted by molar-refractivity contribution is 7.80. The molecule has 0 spiro atoms. The average molecular weight is 542 g/mol. The number of rotatable bonds is 12. The van der Waals surface area contributed by atoms with Gasteiger partial charge >= 0.3 is 5.97 Å². The number of benzene rings is 2. The Morgan fingerprint density at radius 1 is 0.921 bits per heavy atom. The highest BCUT2D eigenvalue weighted by atomic mass is 32.1. The van der Waals surface area contributed by atoms with Crippen LogP contribution in [-0.4, -0.2) is 68.8 Å². The summed E-state index contributed by atoms with van der Waals surface area (Å²) in [4.78, 5) is 53.3. The molecule has 4 atom stereocenters. The van der Waals surface area contributed by atoms with Gasteiger partial charge in [-0.15, -0.1) is 0 Å². The number of thiol groups is 1. The minimum Gasteiger partial charge on any atom is -0.508 e. The van der Waals surface area contributed by atoms with Gasteiger partial charge in [-0.2, -0.15) is 12.6 Å². The highest BCUT2D eigenvalue weighted by Crippen LogP contribution is 2.19. The summed E-state index contributed by atoms with van der Waals surface area (Å²) in [6.45, 7) is 1.44. The molecule has 11 nitrogen and oxygen atoms in total. The van der Waals surface area contributed by atoms with Gasteiger partial charge in [0.25, 0.3) is 0 Å². The third-order valence-corrected chi connectivity index (χ3v) is 6.40. The van der Waals surface area contributed by atoms with Gasteiger partial charge in [0.15, 0.2) is 0 Å². The van der Waals surface area contributed by atoms with Crippen LogP contribution < -0.4 is 21.7 Å². The van der Waals surface area contributed by atoms with E-state index < -0.39 is 47.9 Å². The second kappa shape index (κ2) is 13.0. The third kappa shape index (κ3) is 7.49. The molecule has 2 aromatic carbocycles. The maximum Gasteiger partial charge on any atom is 0.326 e. The number of aromatic nitrogens is 1. The van der Waals surface area contributed by atoms with Crippen molar-refractivity contribution in [2.45, 2.75) is 43.9 Å². The molecule has 1 heterocycles. The van der Waals surface area contributed by atoms with Crippen molar-refractivity contribution in [3.05, 3.63) is 65.9 Å². The summed E-state index contributed by atoms with van der Waals surface area (Å²) in [5, 5.41) is 27.8. The van der Waals surface area contributed by atoms with E-state index in [0.29, 0.717) is 11.1 Å². The Hall–Kier alpha value is -4.03. The molecular formula is C26H31N5O6S. The number of phenols is 1. The van der Waals surface area contributed by atoms with Crippen molar-refractivity contribution in [1.82, 2.24) is 20.9 Å². The summed E-state index contributed by atoms with van der Waals surface area (Å²) in [7, 11) is 0. The van der Waals surface area contributed by atoms with Crippen molar-refractivity contribution in [3.8, 4) is 5.75 Å². The Bertz CT molecular complexity index is 1290. The molecule has 1 aromatic heterocycles. The number of phenolic OH excluding ortho intramolecular Hbond substituents is 1. The number of carbonyl (C=O) groups excluding carboxylic acids is 3. The zero-order chi connectivity index (χ0) is 27.8. The van der Waals surface area contributed by atoms with E-state index in [2.05, 4.69) is 33.6 Å². The van der Waals surface area contributed by atoms with Crippen LogP contribution in [0.3, 0.4) is 0 Å². The lowest BCUT2D eigenvalue weighted by atomic mass is 10.0. The van der Waals surface area contributed by atoms with E-state index in [-0.39, 0.29) is 24.3 Å². The lowest BCUT2D eigenvalue weighted by molar-refractivity contribution is -0.142. The van der Waals surface area contributed by atoms with Crippen LogP contribution >= 0.6 is 12.6 Å². The third-order valence-electron chi connectivity index (χ3n) is 6.01. The average Bonchev–Trinajstić information content (AvgIpc) is 3.31. The largest absolute Gasteiger partial charge is 0.508 e. The number of aromatic amines is 1. The van der Waals surface area contributed by atoms with Crippen LogP contribution in [0.1, 0.15) is 18.1 Å². The Kier molecular flexibility index (Phi) is 9.74. The molecule has 8 N–H and O–H groups in total. The quantitative estimate of drug-likeness (QED) is 0.153. The van der Waals surface area contributed by atoms with Gasteiger partial charge in [0.05, 0.1) is 6.04 Å². The Morgan fingerprint density at radius 3 is 2.24 bits per heavy atom. The van der Waals surface area contributed by atoms with Crippen LogP contribution in [0.15, 0.2) is 54.7 Å². The molecule has 3 amide bonds. The molecule has 0 aliphatic heterocycles. The number of nitrogens with two attached hydrogens (primary N) is 1. The first-order chi connectivity index (χ1) is 18.1. The fourth-order valence-corrected chi connectivity index (χ4v) is 4.00. The molecule has 12 heteroatoms. The van der Waals surface area contributed by atoms with Gasteiger partial charge in [0.2, 0.25) is 17.7 Å². The molecule has 0 bridgehead atoms. The van der Waals surface area contributed by atoms with Crippen molar-refractivity contribution in [3.63, 3.8) is 0 Å². The number of aromatic hydroxyl groups is 1. The van der Waals surface area contributed by atoms with Crippen LogP contribution in [0.25, 0.3) is 10.9 Å². The molecule has 38 heavy (non-hydrogen) atoms. The van der Waals surface area contributed by atoms with E-state index >= 15 is 0 Å². The summed E-state index contributed by atoms with van der Waals surface area (Å²) in [6, 6.07) is 9.06. The van der Waals surface area contributed by atoms with E-state index in [1.165, 1.54) is 19.1 Å². The number of hydrogen-bond donors (Lipinski definition) is 8. The predicted molar refractivity (Wildman–Crippen MR) is 145 cm³/mol. The molecule has 3 aromatic rings. The fraction of sp³-hybridized carbons (Fsp3) is 0.308. The van der Waals surface area contributed by atoms with Gasteiger partial charge < -0.3 is 36.9 Å². The molecule has 0 aliphatic carbocycles. The Balaban J connectivity index is 1.77. The van der Waals surface area contributed by atoms with E-state index in [9.17, 15) is 29.4 Å². The summed E-state index contributed by atoms with van der Waals surface area (Å²) < 4.78 is 0. The van der Waals surface area contributed by atoms with Gasteiger partial charge in [-0.05, 0) is 36.2 Å². The van der Waals surface area contributed by atoms with Crippen molar-refractivity contribution in [2.75, 3.05) is 5.75 Å². The lowest BCUT2D eigenvalue weighted by Crippen LogP contribution is -2.57. The molecule has 3 rings (SSSR count). The lowest BCUT2D eigenvalue weighted by Gasteiger charge is -2.24. The van der Waals surface area contributed by atoms with Gasteiger partial charge in [-0.3, -0.25) is 14.4 Å². The van der Waals surface area contributed by atoms with E-state index in [1.54, 1.807) is 18.3 Å². The van der Waals surface area contributed by atoms with E-state index in [0.717, 1.165) is 10.9 Å². The highest BCUT2D eigenvalue weighted by Gasteiger charge is 2.29. The summed E-state index contributed by atoms with van der Waals surface area (Å²) in [5.74, 6) is -3.08. The van der Waals surface area contributed by atoms with Gasteiger partial charge in [-0.25, -0.2) is 4.79 Å². The standard InChI is InChI=1S/C26H31N5O6S/c1-14(29-24(34)19(27)13-38)23(33)30-21(10-15-6-8-17(32)9-7-15)25(35)31-22(26(36)37)11-16-12-28-20-5-3-2-4-18(16)20/h2-9,12,14,19,21-22,28,32,38H,10-11,13,27H2,1H3,(H,29,34)(H,30,33)(H,31,35)(H,36,37). The number of hydrogen-bond acceptors (Lipinski definition) is 7. The first kappa shape index (κ1) is 28.5. The van der Waals surface area contributed by atoms with Crippen LogP contribution in [-0.2, 0) is 32.0 Å². The Morgan fingerprint density at radius 2 is 1.58 bits per heavy atom. The number of nitrogens with one attached hydrogen (secondary N) is 4. The fourth-order valence-electron chi connectivity index (χ4n) is 3.84. The number of fused-ring (bicyclic) bond motifs is 1.